The molecule has 2 heterocycles. The van der Waals surface area contributed by atoms with Crippen LogP contribution in [0.3, 0.4) is 0 Å². The number of aromatic nitrogens is 1. The lowest BCUT2D eigenvalue weighted by Gasteiger charge is -2.26. The summed E-state index contributed by atoms with van der Waals surface area (Å²) in [5, 5.41) is 12.1. The number of halogens is 2. The van der Waals surface area contributed by atoms with Gasteiger partial charge >= 0.3 is 11.7 Å². The molecule has 13 heteroatoms. The third-order valence-electron chi connectivity index (χ3n) is 6.93. The molecule has 1 atom stereocenters. The second kappa shape index (κ2) is 13.8. The molecule has 0 aliphatic carbocycles. The number of ether oxygens (including phenoxy) is 3. The molecule has 0 fully saturated rings. The maximum Gasteiger partial charge on any atom is 0.338 e. The maximum absolute atomic E-state index is 14.1. The first kappa shape index (κ1) is 32.8. The van der Waals surface area contributed by atoms with E-state index in [9.17, 15) is 24.1 Å². The van der Waals surface area contributed by atoms with Gasteiger partial charge in [-0.3, -0.25) is 19.5 Å². The van der Waals surface area contributed by atoms with E-state index in [0.29, 0.717) is 37.4 Å². The van der Waals surface area contributed by atoms with Gasteiger partial charge in [0.2, 0.25) is 5.75 Å². The highest BCUT2D eigenvalue weighted by molar-refractivity contribution is 9.10. The molecular formula is C33H29BrFN3O7S. The smallest absolute Gasteiger partial charge is 0.338 e. The van der Waals surface area contributed by atoms with Crippen LogP contribution in [0.15, 0.2) is 86.2 Å². The SMILES string of the molecule is CCOC(=O)C1=C(C)N=c2s/c(=C\c3cc(Br)c(OCc4ccc(F)cc4)c([N+](=O)[O-])c3)c(=O)n2[C@@H]1c1ccccc1OC(C)C. The summed E-state index contributed by atoms with van der Waals surface area (Å²) in [6, 6.07) is 14.8. The number of nitrogens with zero attached hydrogens (tertiary/aromatic N) is 3. The van der Waals surface area contributed by atoms with E-state index in [-0.39, 0.29) is 40.9 Å². The van der Waals surface area contributed by atoms with E-state index in [4.69, 9.17) is 14.2 Å². The standard InChI is InChI=1S/C33H29BrFN3O7S/c1-5-43-32(40)28-19(4)36-33-37(29(28)23-8-6-7-9-26(23)45-18(2)3)31(39)27(46-33)16-21-14-24(34)30(25(15-21)38(41)42)44-17-20-10-12-22(35)13-11-20/h6-16,18,29H,5,17H2,1-4H3/b27-16-/t29-/m1/s1. The summed E-state index contributed by atoms with van der Waals surface area (Å²) in [5.74, 6) is -0.510. The molecule has 10 nitrogen and oxygen atoms in total. The highest BCUT2D eigenvalue weighted by Gasteiger charge is 2.35. The Kier molecular flexibility index (Phi) is 9.82. The van der Waals surface area contributed by atoms with Crippen molar-refractivity contribution in [1.82, 2.24) is 4.57 Å². The minimum Gasteiger partial charge on any atom is -0.491 e. The van der Waals surface area contributed by atoms with Crippen LogP contribution in [0.2, 0.25) is 0 Å². The van der Waals surface area contributed by atoms with Gasteiger partial charge in [-0.15, -0.1) is 0 Å². The first-order valence-corrected chi connectivity index (χ1v) is 15.9. The molecule has 5 rings (SSSR count). The monoisotopic (exact) mass is 709 g/mol. The second-order valence-corrected chi connectivity index (χ2v) is 12.4. The highest BCUT2D eigenvalue weighted by atomic mass is 79.9. The van der Waals surface area contributed by atoms with Gasteiger partial charge in [0.1, 0.15) is 24.2 Å². The zero-order valence-corrected chi connectivity index (χ0v) is 27.7. The molecule has 0 N–H and O–H groups in total. The van der Waals surface area contributed by atoms with Crippen LogP contribution >= 0.6 is 27.3 Å². The van der Waals surface area contributed by atoms with Gasteiger partial charge in [0.15, 0.2) is 4.80 Å². The number of hydrogen-bond donors (Lipinski definition) is 0. The number of carbonyl (C=O) groups excluding carboxylic acids is 1. The molecule has 1 aliphatic rings. The fourth-order valence-electron chi connectivity index (χ4n) is 5.00. The molecule has 4 aromatic rings. The number of hydrogen-bond acceptors (Lipinski definition) is 9. The number of thiazole rings is 1. The number of nitro benzene ring substituents is 1. The van der Waals surface area contributed by atoms with Gasteiger partial charge in [0, 0.05) is 11.6 Å². The van der Waals surface area contributed by atoms with Crippen LogP contribution in [0, 0.1) is 15.9 Å². The van der Waals surface area contributed by atoms with E-state index in [2.05, 4.69) is 20.9 Å². The lowest BCUT2D eigenvalue weighted by Crippen LogP contribution is -2.40. The number of para-hydroxylation sites is 1. The summed E-state index contributed by atoms with van der Waals surface area (Å²) < 4.78 is 32.5. The predicted octanol–water partition coefficient (Wildman–Crippen LogP) is 5.97. The van der Waals surface area contributed by atoms with Crippen molar-refractivity contribution in [3.63, 3.8) is 0 Å². The van der Waals surface area contributed by atoms with Crippen molar-refractivity contribution < 1.29 is 28.3 Å². The number of benzene rings is 3. The average Bonchev–Trinajstić information content (AvgIpc) is 3.30. The Morgan fingerprint density at radius 2 is 1.91 bits per heavy atom. The van der Waals surface area contributed by atoms with Crippen LogP contribution in [0.25, 0.3) is 6.08 Å². The number of nitro groups is 1. The summed E-state index contributed by atoms with van der Waals surface area (Å²) in [7, 11) is 0. The van der Waals surface area contributed by atoms with Crippen LogP contribution in [0.5, 0.6) is 11.5 Å². The fourth-order valence-corrected chi connectivity index (χ4v) is 6.63. The first-order chi connectivity index (χ1) is 22.0. The van der Waals surface area contributed by atoms with Gasteiger partial charge in [-0.05, 0) is 85.1 Å². The Balaban J connectivity index is 1.62. The minimum atomic E-state index is -0.893. The molecule has 0 saturated heterocycles. The predicted molar refractivity (Wildman–Crippen MR) is 174 cm³/mol. The van der Waals surface area contributed by atoms with Crippen molar-refractivity contribution >= 4 is 45.0 Å². The summed E-state index contributed by atoms with van der Waals surface area (Å²) in [6.45, 7) is 7.26. The molecule has 46 heavy (non-hydrogen) atoms. The Morgan fingerprint density at radius 1 is 1.20 bits per heavy atom. The van der Waals surface area contributed by atoms with Gasteiger partial charge in [-0.1, -0.05) is 41.7 Å². The number of fused-ring (bicyclic) bond motifs is 1. The zero-order valence-electron chi connectivity index (χ0n) is 25.3. The van der Waals surface area contributed by atoms with E-state index in [1.54, 1.807) is 38.1 Å². The quantitative estimate of drug-likeness (QED) is 0.113. The normalized spacial score (nSPS) is 14.6. The van der Waals surface area contributed by atoms with Gasteiger partial charge in [0.05, 0.1) is 37.9 Å². The van der Waals surface area contributed by atoms with Crippen LogP contribution < -0.4 is 24.4 Å². The van der Waals surface area contributed by atoms with Crippen molar-refractivity contribution in [3.05, 3.63) is 129 Å². The molecule has 1 aliphatic heterocycles. The molecule has 0 amide bonds. The zero-order chi connectivity index (χ0) is 33.1. The molecule has 0 radical (unpaired) electrons. The van der Waals surface area contributed by atoms with E-state index in [1.165, 1.54) is 41.0 Å². The second-order valence-electron chi connectivity index (χ2n) is 10.5. The highest BCUT2D eigenvalue weighted by Crippen LogP contribution is 2.38. The van der Waals surface area contributed by atoms with Gasteiger partial charge in [-0.2, -0.15) is 0 Å². The van der Waals surface area contributed by atoms with Gasteiger partial charge in [0.25, 0.3) is 5.56 Å². The van der Waals surface area contributed by atoms with Gasteiger partial charge in [-0.25, -0.2) is 14.2 Å². The van der Waals surface area contributed by atoms with Crippen LogP contribution in [-0.2, 0) is 16.1 Å². The summed E-state index contributed by atoms with van der Waals surface area (Å²) >= 11 is 4.47. The number of rotatable bonds is 10. The Labute approximate surface area is 275 Å². The lowest BCUT2D eigenvalue weighted by molar-refractivity contribution is -0.386. The lowest BCUT2D eigenvalue weighted by atomic mass is 9.95. The van der Waals surface area contributed by atoms with Crippen molar-refractivity contribution in [1.29, 1.82) is 0 Å². The van der Waals surface area contributed by atoms with Crippen molar-refractivity contribution in [2.45, 2.75) is 46.4 Å². The summed E-state index contributed by atoms with van der Waals surface area (Å²) in [4.78, 5) is 43.8. The fraction of sp³-hybridized carbons (Fsp3) is 0.242. The first-order valence-electron chi connectivity index (χ1n) is 14.3. The molecule has 238 valence electrons. The molecule has 0 spiro atoms. The Hall–Kier alpha value is -4.62. The Morgan fingerprint density at radius 3 is 2.59 bits per heavy atom. The molecule has 0 unspecified atom stereocenters. The number of allylic oxidation sites excluding steroid dienone is 1. The third-order valence-corrected chi connectivity index (χ3v) is 8.50. The Bertz CT molecular complexity index is 2040. The maximum atomic E-state index is 14.1. The van der Waals surface area contributed by atoms with E-state index >= 15 is 0 Å². The largest absolute Gasteiger partial charge is 0.491 e. The van der Waals surface area contributed by atoms with Crippen molar-refractivity contribution in [2.24, 2.45) is 4.99 Å². The minimum absolute atomic E-state index is 0.00982. The van der Waals surface area contributed by atoms with E-state index in [1.807, 2.05) is 19.9 Å². The third kappa shape index (κ3) is 6.80. The molecule has 0 saturated carbocycles. The van der Waals surface area contributed by atoms with E-state index < -0.39 is 28.3 Å². The molecule has 1 aromatic heterocycles. The van der Waals surface area contributed by atoms with Crippen molar-refractivity contribution in [3.8, 4) is 11.5 Å². The van der Waals surface area contributed by atoms with Crippen LogP contribution in [-0.4, -0.2) is 28.2 Å². The molecule has 0 bridgehead atoms. The van der Waals surface area contributed by atoms with Gasteiger partial charge < -0.3 is 14.2 Å². The summed E-state index contributed by atoms with van der Waals surface area (Å²) in [5.41, 5.74) is 1.41. The average molecular weight is 711 g/mol. The topological polar surface area (TPSA) is 122 Å². The molecular weight excluding hydrogens is 681 g/mol. The number of esters is 1. The summed E-state index contributed by atoms with van der Waals surface area (Å²) in [6.07, 6.45) is 1.35. The number of carbonyl (C=O) groups is 1. The van der Waals surface area contributed by atoms with Crippen LogP contribution in [0.1, 0.15) is 50.4 Å². The van der Waals surface area contributed by atoms with E-state index in [0.717, 1.165) is 11.3 Å². The van der Waals surface area contributed by atoms with Crippen molar-refractivity contribution in [2.75, 3.05) is 6.61 Å². The molecule has 3 aromatic carbocycles. The van der Waals surface area contributed by atoms with Crippen LogP contribution in [0.4, 0.5) is 10.1 Å².